The maximum atomic E-state index is 12.6. The van der Waals surface area contributed by atoms with Gasteiger partial charge in [0.1, 0.15) is 0 Å². The summed E-state index contributed by atoms with van der Waals surface area (Å²) in [5.74, 6) is -0.0751. The number of hydrogen-bond acceptors (Lipinski definition) is 3. The van der Waals surface area contributed by atoms with Crippen molar-refractivity contribution in [3.63, 3.8) is 0 Å². The molecule has 156 valence electrons. The third kappa shape index (κ3) is 6.02. The molecule has 0 bridgehead atoms. The first kappa shape index (κ1) is 21.7. The van der Waals surface area contributed by atoms with Gasteiger partial charge in [0.05, 0.1) is 4.90 Å². The van der Waals surface area contributed by atoms with Gasteiger partial charge in [0, 0.05) is 18.2 Å². The fourth-order valence-corrected chi connectivity index (χ4v) is 4.30. The molecule has 0 saturated heterocycles. The topological polar surface area (TPSA) is 75.3 Å². The van der Waals surface area contributed by atoms with E-state index in [9.17, 15) is 13.2 Å². The summed E-state index contributed by atoms with van der Waals surface area (Å²) < 4.78 is 28.0. The number of hydrogen-bond donors (Lipinski definition) is 2. The van der Waals surface area contributed by atoms with E-state index < -0.39 is 10.0 Å². The third-order valence-corrected chi connectivity index (χ3v) is 6.40. The smallest absolute Gasteiger partial charge is 0.241 e. The fraction of sp³-hybridized carbons (Fsp3) is 0.208. The summed E-state index contributed by atoms with van der Waals surface area (Å²) in [6.07, 6.45) is 0.856. The molecule has 6 heteroatoms. The van der Waals surface area contributed by atoms with Gasteiger partial charge in [-0.15, -0.1) is 0 Å². The van der Waals surface area contributed by atoms with Crippen LogP contribution in [0.4, 0.5) is 5.69 Å². The maximum Gasteiger partial charge on any atom is 0.241 e. The molecule has 0 spiro atoms. The van der Waals surface area contributed by atoms with Gasteiger partial charge in [-0.05, 0) is 55.7 Å². The molecule has 0 aromatic heterocycles. The molecule has 0 aliphatic heterocycles. The summed E-state index contributed by atoms with van der Waals surface area (Å²) in [4.78, 5) is 12.3. The Kier molecular flexibility index (Phi) is 7.03. The number of carbonyl (C=O) groups is 1. The van der Waals surface area contributed by atoms with Crippen LogP contribution in [0.5, 0.6) is 0 Å². The van der Waals surface area contributed by atoms with Crippen molar-refractivity contribution < 1.29 is 13.2 Å². The zero-order chi connectivity index (χ0) is 21.6. The van der Waals surface area contributed by atoms with Crippen molar-refractivity contribution >= 4 is 21.6 Å². The average molecular weight is 423 g/mol. The van der Waals surface area contributed by atoms with E-state index in [0.717, 1.165) is 22.4 Å². The molecule has 0 heterocycles. The molecule has 3 aromatic carbocycles. The molecular formula is C24H26N2O3S. The van der Waals surface area contributed by atoms with E-state index in [1.807, 2.05) is 68.4 Å². The van der Waals surface area contributed by atoms with E-state index in [-0.39, 0.29) is 16.8 Å². The number of amides is 1. The van der Waals surface area contributed by atoms with E-state index >= 15 is 0 Å². The minimum Gasteiger partial charge on any atom is -0.326 e. The molecule has 0 radical (unpaired) electrons. The Hall–Kier alpha value is -2.96. The highest BCUT2D eigenvalue weighted by atomic mass is 32.2. The number of benzene rings is 3. The Balaban J connectivity index is 1.56. The summed E-state index contributed by atoms with van der Waals surface area (Å²) in [5.41, 5.74) is 3.71. The minimum atomic E-state index is -3.63. The van der Waals surface area contributed by atoms with Crippen LogP contribution in [0.25, 0.3) is 0 Å². The van der Waals surface area contributed by atoms with E-state index in [2.05, 4.69) is 10.0 Å². The summed E-state index contributed by atoms with van der Waals surface area (Å²) in [5, 5.41) is 2.87. The predicted octanol–water partition coefficient (Wildman–Crippen LogP) is 4.61. The summed E-state index contributed by atoms with van der Waals surface area (Å²) in [6, 6.07) is 23.4. The molecule has 1 unspecified atom stereocenters. The van der Waals surface area contributed by atoms with Crippen LogP contribution in [-0.2, 0) is 21.2 Å². The second-order valence-electron chi connectivity index (χ2n) is 7.31. The average Bonchev–Trinajstić information content (AvgIpc) is 2.74. The lowest BCUT2D eigenvalue weighted by molar-refractivity contribution is -0.116. The van der Waals surface area contributed by atoms with Crippen molar-refractivity contribution in [3.8, 4) is 0 Å². The molecule has 0 aliphatic rings. The van der Waals surface area contributed by atoms with Crippen LogP contribution in [0.1, 0.15) is 36.1 Å². The molecule has 1 atom stereocenters. The fourth-order valence-electron chi connectivity index (χ4n) is 3.06. The number of sulfonamides is 1. The Bertz CT molecular complexity index is 1080. The molecule has 2 N–H and O–H groups in total. The van der Waals surface area contributed by atoms with Crippen LogP contribution in [0.15, 0.2) is 83.8 Å². The van der Waals surface area contributed by atoms with Crippen LogP contribution in [0.2, 0.25) is 0 Å². The molecule has 30 heavy (non-hydrogen) atoms. The minimum absolute atomic E-state index is 0.0751. The van der Waals surface area contributed by atoms with E-state index in [4.69, 9.17) is 0 Å². The van der Waals surface area contributed by atoms with E-state index in [1.54, 1.807) is 24.3 Å². The van der Waals surface area contributed by atoms with Crippen molar-refractivity contribution in [1.82, 2.24) is 4.72 Å². The molecule has 0 aliphatic carbocycles. The summed E-state index contributed by atoms with van der Waals surface area (Å²) >= 11 is 0. The van der Waals surface area contributed by atoms with Gasteiger partial charge >= 0.3 is 0 Å². The van der Waals surface area contributed by atoms with Crippen LogP contribution in [-0.4, -0.2) is 14.3 Å². The number of anilines is 1. The Labute approximate surface area is 178 Å². The van der Waals surface area contributed by atoms with Gasteiger partial charge < -0.3 is 5.32 Å². The van der Waals surface area contributed by atoms with Gasteiger partial charge in [0.25, 0.3) is 0 Å². The van der Waals surface area contributed by atoms with Gasteiger partial charge in [-0.2, -0.15) is 0 Å². The van der Waals surface area contributed by atoms with Crippen molar-refractivity contribution in [1.29, 1.82) is 0 Å². The van der Waals surface area contributed by atoms with Gasteiger partial charge in [-0.25, -0.2) is 13.1 Å². The molecule has 0 fully saturated rings. The monoisotopic (exact) mass is 422 g/mol. The summed E-state index contributed by atoms with van der Waals surface area (Å²) in [7, 11) is -3.63. The van der Waals surface area contributed by atoms with Crippen LogP contribution in [0.3, 0.4) is 0 Å². The summed E-state index contributed by atoms with van der Waals surface area (Å²) in [6.45, 7) is 3.81. The quantitative estimate of drug-likeness (QED) is 0.557. The van der Waals surface area contributed by atoms with Gasteiger partial charge in [-0.3, -0.25) is 4.79 Å². The highest BCUT2D eigenvalue weighted by Gasteiger charge is 2.18. The second kappa shape index (κ2) is 9.69. The first-order chi connectivity index (χ1) is 14.3. The van der Waals surface area contributed by atoms with E-state index in [0.29, 0.717) is 12.8 Å². The van der Waals surface area contributed by atoms with Gasteiger partial charge in [0.2, 0.25) is 15.9 Å². The zero-order valence-electron chi connectivity index (χ0n) is 17.1. The number of nitrogens with one attached hydrogen (secondary N) is 2. The highest BCUT2D eigenvalue weighted by molar-refractivity contribution is 7.89. The second-order valence-corrected chi connectivity index (χ2v) is 9.03. The maximum absolute atomic E-state index is 12.6. The van der Waals surface area contributed by atoms with Crippen LogP contribution in [0, 0.1) is 6.92 Å². The Morgan fingerprint density at radius 3 is 2.17 bits per heavy atom. The predicted molar refractivity (Wildman–Crippen MR) is 120 cm³/mol. The Morgan fingerprint density at radius 2 is 1.53 bits per heavy atom. The molecule has 3 rings (SSSR count). The van der Waals surface area contributed by atoms with Crippen molar-refractivity contribution in [3.05, 3.63) is 95.6 Å². The molecule has 0 saturated carbocycles. The van der Waals surface area contributed by atoms with Gasteiger partial charge in [-0.1, -0.05) is 60.2 Å². The number of rotatable bonds is 8. The SMILES string of the molecule is Cc1ccc(NC(=O)CCc2ccc(S(=O)(=O)NC(C)c3ccccc3)cc2)cc1. The van der Waals surface area contributed by atoms with Crippen molar-refractivity contribution in [2.45, 2.75) is 37.6 Å². The largest absolute Gasteiger partial charge is 0.326 e. The van der Waals surface area contributed by atoms with Gasteiger partial charge in [0.15, 0.2) is 0 Å². The lowest BCUT2D eigenvalue weighted by atomic mass is 10.1. The molecule has 1 amide bonds. The van der Waals surface area contributed by atoms with Crippen molar-refractivity contribution in [2.75, 3.05) is 5.32 Å². The lowest BCUT2D eigenvalue weighted by Gasteiger charge is -2.15. The normalized spacial score (nSPS) is 12.3. The van der Waals surface area contributed by atoms with E-state index in [1.165, 1.54) is 0 Å². The molecular weight excluding hydrogens is 396 g/mol. The molecule has 5 nitrogen and oxygen atoms in total. The van der Waals surface area contributed by atoms with Crippen molar-refractivity contribution in [2.24, 2.45) is 0 Å². The Morgan fingerprint density at radius 1 is 0.900 bits per heavy atom. The third-order valence-electron chi connectivity index (χ3n) is 4.84. The molecule has 3 aromatic rings. The zero-order valence-corrected chi connectivity index (χ0v) is 17.9. The first-order valence-corrected chi connectivity index (χ1v) is 11.3. The number of carbonyl (C=O) groups excluding carboxylic acids is 1. The first-order valence-electron chi connectivity index (χ1n) is 9.86. The standard InChI is InChI=1S/C24H26N2O3S/c1-18-8-13-22(14-9-18)25-24(27)17-12-20-10-15-23(16-11-20)30(28,29)26-19(2)21-6-4-3-5-7-21/h3-11,13-16,19,26H,12,17H2,1-2H3,(H,25,27). The number of aryl methyl sites for hydroxylation is 2. The highest BCUT2D eigenvalue weighted by Crippen LogP contribution is 2.18. The van der Waals surface area contributed by atoms with Crippen LogP contribution >= 0.6 is 0 Å². The lowest BCUT2D eigenvalue weighted by Crippen LogP contribution is -2.26. The van der Waals surface area contributed by atoms with Crippen LogP contribution < -0.4 is 10.0 Å².